The highest BCUT2D eigenvalue weighted by Crippen LogP contribution is 2.26. The molecule has 0 aliphatic carbocycles. The van der Waals surface area contributed by atoms with Gasteiger partial charge in [-0.3, -0.25) is 10.1 Å². The quantitative estimate of drug-likeness (QED) is 0.425. The van der Waals surface area contributed by atoms with E-state index in [0.29, 0.717) is 24.8 Å². The highest BCUT2D eigenvalue weighted by Gasteiger charge is 2.19. The summed E-state index contributed by atoms with van der Waals surface area (Å²) in [5, 5.41) is 14.2. The second-order valence-corrected chi connectivity index (χ2v) is 4.49. The lowest BCUT2D eigenvalue weighted by atomic mass is 10.3. The minimum Gasteiger partial charge on any atom is -0.385 e. The molecule has 0 saturated carbocycles. The monoisotopic (exact) mass is 282 g/mol. The van der Waals surface area contributed by atoms with Gasteiger partial charge in [-0.25, -0.2) is 4.98 Å². The molecule has 0 radical (unpaired) electrons. The fraction of sp³-hybridized carbons (Fsp3) is 0.615. The van der Waals surface area contributed by atoms with E-state index in [4.69, 9.17) is 4.74 Å². The fourth-order valence-corrected chi connectivity index (χ4v) is 1.77. The van der Waals surface area contributed by atoms with Gasteiger partial charge in [-0.2, -0.15) is 0 Å². The molecular formula is C13H22N4O3. The summed E-state index contributed by atoms with van der Waals surface area (Å²) in [6.45, 7) is 4.11. The summed E-state index contributed by atoms with van der Waals surface area (Å²) in [7, 11) is 3.44. The van der Waals surface area contributed by atoms with Crippen LogP contribution in [0.4, 0.5) is 17.3 Å². The first-order valence-corrected chi connectivity index (χ1v) is 6.69. The van der Waals surface area contributed by atoms with E-state index in [2.05, 4.69) is 17.2 Å². The van der Waals surface area contributed by atoms with Gasteiger partial charge in [0.05, 0.1) is 4.92 Å². The number of pyridine rings is 1. The fourth-order valence-electron chi connectivity index (χ4n) is 1.77. The molecule has 112 valence electrons. The smallest absolute Gasteiger partial charge is 0.311 e. The molecule has 7 heteroatoms. The van der Waals surface area contributed by atoms with Crippen molar-refractivity contribution in [2.24, 2.45) is 0 Å². The van der Waals surface area contributed by atoms with Crippen LogP contribution in [-0.2, 0) is 4.74 Å². The standard InChI is InChI=1S/C13H22N4O3/c1-4-8-14-12-7-6-11(17(18)19)13(15-12)16(2)9-5-10-20-3/h6-7H,4-5,8-10H2,1-3H3,(H,14,15). The van der Waals surface area contributed by atoms with E-state index in [1.807, 2.05) is 0 Å². The topological polar surface area (TPSA) is 80.5 Å². The van der Waals surface area contributed by atoms with E-state index in [0.717, 1.165) is 19.4 Å². The molecule has 0 aliphatic rings. The zero-order chi connectivity index (χ0) is 15.0. The Balaban J connectivity index is 2.89. The van der Waals surface area contributed by atoms with Gasteiger partial charge in [-0.1, -0.05) is 6.92 Å². The lowest BCUT2D eigenvalue weighted by Crippen LogP contribution is -2.22. The minimum absolute atomic E-state index is 0.0203. The normalized spacial score (nSPS) is 10.3. The molecule has 0 aromatic carbocycles. The predicted molar refractivity (Wildman–Crippen MR) is 79.4 cm³/mol. The van der Waals surface area contributed by atoms with Crippen LogP contribution >= 0.6 is 0 Å². The number of rotatable bonds is 9. The van der Waals surface area contributed by atoms with E-state index in [1.165, 1.54) is 6.07 Å². The molecule has 1 rings (SSSR count). The van der Waals surface area contributed by atoms with E-state index in [1.54, 1.807) is 25.1 Å². The Hall–Kier alpha value is -1.89. The lowest BCUT2D eigenvalue weighted by Gasteiger charge is -2.18. The van der Waals surface area contributed by atoms with Gasteiger partial charge in [0.25, 0.3) is 0 Å². The number of anilines is 2. The first-order valence-electron chi connectivity index (χ1n) is 6.69. The van der Waals surface area contributed by atoms with E-state index in [9.17, 15) is 10.1 Å². The minimum atomic E-state index is -0.404. The van der Waals surface area contributed by atoms with Gasteiger partial charge in [0, 0.05) is 39.9 Å². The number of nitro groups is 1. The van der Waals surface area contributed by atoms with Gasteiger partial charge in [-0.15, -0.1) is 0 Å². The zero-order valence-corrected chi connectivity index (χ0v) is 12.3. The van der Waals surface area contributed by atoms with Crippen LogP contribution in [0, 0.1) is 10.1 Å². The van der Waals surface area contributed by atoms with Crippen LogP contribution in [0.15, 0.2) is 12.1 Å². The van der Waals surface area contributed by atoms with Crippen molar-refractivity contribution in [1.82, 2.24) is 4.98 Å². The van der Waals surface area contributed by atoms with Gasteiger partial charge in [0.15, 0.2) is 0 Å². The second kappa shape index (κ2) is 8.31. The molecule has 0 atom stereocenters. The summed E-state index contributed by atoms with van der Waals surface area (Å²) < 4.78 is 4.99. The van der Waals surface area contributed by atoms with Crippen molar-refractivity contribution in [3.05, 3.63) is 22.2 Å². The van der Waals surface area contributed by atoms with Gasteiger partial charge in [0.1, 0.15) is 5.82 Å². The van der Waals surface area contributed by atoms with Gasteiger partial charge in [-0.05, 0) is 18.9 Å². The number of nitrogens with zero attached hydrogens (tertiary/aromatic N) is 3. The Morgan fingerprint density at radius 1 is 1.50 bits per heavy atom. The van der Waals surface area contributed by atoms with Crippen molar-refractivity contribution in [1.29, 1.82) is 0 Å². The number of methoxy groups -OCH3 is 1. The molecule has 1 N–H and O–H groups in total. The van der Waals surface area contributed by atoms with Gasteiger partial charge >= 0.3 is 5.69 Å². The summed E-state index contributed by atoms with van der Waals surface area (Å²) in [5.74, 6) is 1.04. The van der Waals surface area contributed by atoms with Gasteiger partial charge < -0.3 is 15.0 Å². The number of aromatic nitrogens is 1. The number of hydrogen-bond donors (Lipinski definition) is 1. The highest BCUT2D eigenvalue weighted by molar-refractivity contribution is 5.61. The van der Waals surface area contributed by atoms with Crippen molar-refractivity contribution in [3.8, 4) is 0 Å². The molecule has 0 spiro atoms. The largest absolute Gasteiger partial charge is 0.385 e. The van der Waals surface area contributed by atoms with Crippen LogP contribution < -0.4 is 10.2 Å². The Morgan fingerprint density at radius 3 is 2.85 bits per heavy atom. The first kappa shape index (κ1) is 16.2. The molecular weight excluding hydrogens is 260 g/mol. The molecule has 0 saturated heterocycles. The van der Waals surface area contributed by atoms with E-state index < -0.39 is 4.92 Å². The number of hydrogen-bond acceptors (Lipinski definition) is 6. The second-order valence-electron chi connectivity index (χ2n) is 4.49. The molecule has 0 fully saturated rings. The maximum absolute atomic E-state index is 11.1. The summed E-state index contributed by atoms with van der Waals surface area (Å²) >= 11 is 0. The first-order chi connectivity index (χ1) is 9.60. The average Bonchev–Trinajstić information content (AvgIpc) is 2.44. The third kappa shape index (κ3) is 4.65. The molecule has 1 aromatic heterocycles. The highest BCUT2D eigenvalue weighted by atomic mass is 16.6. The van der Waals surface area contributed by atoms with Crippen molar-refractivity contribution in [2.45, 2.75) is 19.8 Å². The number of ether oxygens (including phenoxy) is 1. The SMILES string of the molecule is CCCNc1ccc([N+](=O)[O-])c(N(C)CCCOC)n1. The predicted octanol–water partition coefficient (Wildman–Crippen LogP) is 2.28. The Morgan fingerprint density at radius 2 is 2.25 bits per heavy atom. The molecule has 0 unspecified atom stereocenters. The lowest BCUT2D eigenvalue weighted by molar-refractivity contribution is -0.384. The van der Waals surface area contributed by atoms with Crippen LogP contribution in [-0.4, -0.2) is 43.8 Å². The van der Waals surface area contributed by atoms with Crippen LogP contribution in [0.3, 0.4) is 0 Å². The van der Waals surface area contributed by atoms with Crippen LogP contribution in [0.2, 0.25) is 0 Å². The third-order valence-corrected chi connectivity index (χ3v) is 2.81. The Kier molecular flexibility index (Phi) is 6.72. The maximum Gasteiger partial charge on any atom is 0.311 e. The summed E-state index contributed by atoms with van der Waals surface area (Å²) in [6, 6.07) is 3.13. The van der Waals surface area contributed by atoms with Crippen LogP contribution in [0.5, 0.6) is 0 Å². The molecule has 0 bridgehead atoms. The van der Waals surface area contributed by atoms with E-state index in [-0.39, 0.29) is 5.69 Å². The average molecular weight is 282 g/mol. The molecule has 0 amide bonds. The van der Waals surface area contributed by atoms with Crippen molar-refractivity contribution in [2.75, 3.05) is 44.1 Å². The van der Waals surface area contributed by atoms with Crippen molar-refractivity contribution < 1.29 is 9.66 Å². The van der Waals surface area contributed by atoms with Gasteiger partial charge in [0.2, 0.25) is 5.82 Å². The van der Waals surface area contributed by atoms with Crippen molar-refractivity contribution in [3.63, 3.8) is 0 Å². The van der Waals surface area contributed by atoms with Crippen LogP contribution in [0.25, 0.3) is 0 Å². The summed E-state index contributed by atoms with van der Waals surface area (Å²) in [5.41, 5.74) is 0.0203. The molecule has 7 nitrogen and oxygen atoms in total. The van der Waals surface area contributed by atoms with Crippen molar-refractivity contribution >= 4 is 17.3 Å². The molecule has 0 aliphatic heterocycles. The maximum atomic E-state index is 11.1. The third-order valence-electron chi connectivity index (χ3n) is 2.81. The Bertz CT molecular complexity index is 440. The van der Waals surface area contributed by atoms with E-state index >= 15 is 0 Å². The summed E-state index contributed by atoms with van der Waals surface area (Å²) in [4.78, 5) is 16.8. The Labute approximate surface area is 119 Å². The molecule has 1 heterocycles. The zero-order valence-electron chi connectivity index (χ0n) is 12.3. The van der Waals surface area contributed by atoms with Crippen LogP contribution in [0.1, 0.15) is 19.8 Å². The number of nitrogens with one attached hydrogen (secondary N) is 1. The molecule has 1 aromatic rings. The summed E-state index contributed by atoms with van der Waals surface area (Å²) in [6.07, 6.45) is 1.76. The molecule has 20 heavy (non-hydrogen) atoms.